The van der Waals surface area contributed by atoms with E-state index in [2.05, 4.69) is 15.3 Å². The van der Waals surface area contributed by atoms with E-state index in [4.69, 9.17) is 4.74 Å². The van der Waals surface area contributed by atoms with E-state index in [1.54, 1.807) is 30.6 Å². The van der Waals surface area contributed by atoms with Crippen LogP contribution in [0, 0.1) is 11.6 Å². The Bertz CT molecular complexity index is 1180. The number of carbonyl (C=O) groups excluding carboxylic acids is 1. The second-order valence-corrected chi connectivity index (χ2v) is 5.92. The number of anilines is 1. The average molecular weight is 377 g/mol. The van der Waals surface area contributed by atoms with E-state index < -0.39 is 17.5 Å². The number of benzene rings is 3. The van der Waals surface area contributed by atoms with Crippen LogP contribution in [0.4, 0.5) is 14.5 Å². The van der Waals surface area contributed by atoms with Gasteiger partial charge in [0.05, 0.1) is 11.0 Å². The van der Waals surface area contributed by atoms with E-state index in [1.807, 2.05) is 0 Å². The van der Waals surface area contributed by atoms with Gasteiger partial charge in [0.15, 0.2) is 11.6 Å². The molecule has 1 amide bonds. The first-order chi connectivity index (χ1) is 13.6. The Morgan fingerprint density at radius 2 is 1.71 bits per heavy atom. The molecule has 3 aromatic carbocycles. The maximum Gasteiger partial charge on any atom is 0.255 e. The minimum Gasteiger partial charge on any atom is -0.454 e. The third-order valence-electron chi connectivity index (χ3n) is 3.94. The number of halogens is 2. The third kappa shape index (κ3) is 3.78. The number of hydrogen-bond acceptors (Lipinski definition) is 4. The number of nitrogens with zero attached hydrogens (tertiary/aromatic N) is 2. The van der Waals surface area contributed by atoms with Gasteiger partial charge in [0, 0.05) is 35.8 Å². The van der Waals surface area contributed by atoms with Crippen molar-refractivity contribution in [2.24, 2.45) is 0 Å². The van der Waals surface area contributed by atoms with Crippen LogP contribution in [0.25, 0.3) is 11.0 Å². The average Bonchev–Trinajstić information content (AvgIpc) is 2.70. The van der Waals surface area contributed by atoms with Crippen LogP contribution >= 0.6 is 0 Å². The summed E-state index contributed by atoms with van der Waals surface area (Å²) >= 11 is 0. The van der Waals surface area contributed by atoms with Gasteiger partial charge in [-0.1, -0.05) is 6.07 Å². The molecule has 0 radical (unpaired) electrons. The van der Waals surface area contributed by atoms with Crippen molar-refractivity contribution in [3.63, 3.8) is 0 Å². The molecule has 1 aromatic heterocycles. The summed E-state index contributed by atoms with van der Waals surface area (Å²) in [7, 11) is 0. The molecule has 0 spiro atoms. The Morgan fingerprint density at radius 1 is 0.893 bits per heavy atom. The molecule has 0 fully saturated rings. The second kappa shape index (κ2) is 7.40. The van der Waals surface area contributed by atoms with Gasteiger partial charge in [0.25, 0.3) is 5.91 Å². The van der Waals surface area contributed by atoms with Crippen molar-refractivity contribution in [1.82, 2.24) is 9.97 Å². The highest BCUT2D eigenvalue weighted by Crippen LogP contribution is 2.29. The van der Waals surface area contributed by atoms with Gasteiger partial charge < -0.3 is 10.1 Å². The van der Waals surface area contributed by atoms with Crippen LogP contribution in [0.2, 0.25) is 0 Å². The highest BCUT2D eigenvalue weighted by atomic mass is 19.1. The first-order valence-corrected chi connectivity index (χ1v) is 8.33. The highest BCUT2D eigenvalue weighted by Gasteiger charge is 2.11. The summed E-state index contributed by atoms with van der Waals surface area (Å²) < 4.78 is 33.1. The molecule has 0 aliphatic carbocycles. The summed E-state index contributed by atoms with van der Waals surface area (Å²) in [6.07, 6.45) is 3.13. The topological polar surface area (TPSA) is 64.1 Å². The molecule has 0 bridgehead atoms. The van der Waals surface area contributed by atoms with E-state index in [9.17, 15) is 13.6 Å². The number of rotatable bonds is 4. The number of aromatic nitrogens is 2. The molecule has 7 heteroatoms. The predicted molar refractivity (Wildman–Crippen MR) is 100 cm³/mol. The summed E-state index contributed by atoms with van der Waals surface area (Å²) in [6.45, 7) is 0. The SMILES string of the molecule is O=C(Nc1ccc(F)c(Oc2ccc3nccnc3c2)c1)c1cccc(F)c1. The molecular formula is C21H13F2N3O2. The van der Waals surface area contributed by atoms with E-state index in [1.165, 1.54) is 36.4 Å². The zero-order chi connectivity index (χ0) is 19.5. The lowest BCUT2D eigenvalue weighted by molar-refractivity contribution is 0.102. The zero-order valence-electron chi connectivity index (χ0n) is 14.4. The van der Waals surface area contributed by atoms with Crippen LogP contribution in [0.5, 0.6) is 11.5 Å². The molecule has 1 N–H and O–H groups in total. The van der Waals surface area contributed by atoms with Crippen molar-refractivity contribution in [3.05, 3.63) is 90.3 Å². The number of ether oxygens (including phenoxy) is 1. The summed E-state index contributed by atoms with van der Waals surface area (Å²) in [4.78, 5) is 20.6. The smallest absolute Gasteiger partial charge is 0.255 e. The van der Waals surface area contributed by atoms with E-state index in [0.717, 1.165) is 6.07 Å². The number of amides is 1. The first-order valence-electron chi connectivity index (χ1n) is 8.33. The molecule has 0 saturated carbocycles. The molecule has 4 aromatic rings. The van der Waals surface area contributed by atoms with Crippen molar-refractivity contribution < 1.29 is 18.3 Å². The fraction of sp³-hybridized carbons (Fsp3) is 0. The Hall–Kier alpha value is -3.87. The second-order valence-electron chi connectivity index (χ2n) is 5.92. The minimum absolute atomic E-state index is 0.0692. The fourth-order valence-corrected chi connectivity index (χ4v) is 2.63. The van der Waals surface area contributed by atoms with E-state index >= 15 is 0 Å². The van der Waals surface area contributed by atoms with Crippen molar-refractivity contribution in [2.75, 3.05) is 5.32 Å². The molecule has 0 saturated heterocycles. The van der Waals surface area contributed by atoms with Gasteiger partial charge in [0.1, 0.15) is 11.6 Å². The lowest BCUT2D eigenvalue weighted by Gasteiger charge is -2.10. The fourth-order valence-electron chi connectivity index (χ4n) is 2.63. The van der Waals surface area contributed by atoms with Gasteiger partial charge in [-0.05, 0) is 42.5 Å². The third-order valence-corrected chi connectivity index (χ3v) is 3.94. The minimum atomic E-state index is -0.594. The van der Waals surface area contributed by atoms with Crippen LogP contribution < -0.4 is 10.1 Å². The van der Waals surface area contributed by atoms with E-state index in [0.29, 0.717) is 22.5 Å². The number of hydrogen-bond donors (Lipinski definition) is 1. The monoisotopic (exact) mass is 377 g/mol. The maximum absolute atomic E-state index is 14.2. The van der Waals surface area contributed by atoms with Gasteiger partial charge in [-0.2, -0.15) is 0 Å². The van der Waals surface area contributed by atoms with Gasteiger partial charge in [-0.3, -0.25) is 14.8 Å². The summed E-state index contributed by atoms with van der Waals surface area (Å²) in [5, 5.41) is 2.59. The molecular weight excluding hydrogens is 364 g/mol. The number of nitrogens with one attached hydrogen (secondary N) is 1. The quantitative estimate of drug-likeness (QED) is 0.546. The van der Waals surface area contributed by atoms with Gasteiger partial charge in [0.2, 0.25) is 0 Å². The Kier molecular flexibility index (Phi) is 4.63. The standard InChI is InChI=1S/C21H13F2N3O2/c22-14-3-1-2-13(10-14)21(27)26-15-4-6-17(23)20(11-15)28-16-5-7-18-19(12-16)25-9-8-24-18/h1-12H,(H,26,27). The highest BCUT2D eigenvalue weighted by molar-refractivity contribution is 6.04. The van der Waals surface area contributed by atoms with Gasteiger partial charge >= 0.3 is 0 Å². The van der Waals surface area contributed by atoms with Crippen LogP contribution in [0.1, 0.15) is 10.4 Å². The zero-order valence-corrected chi connectivity index (χ0v) is 14.4. The Morgan fingerprint density at radius 3 is 2.54 bits per heavy atom. The van der Waals surface area contributed by atoms with Crippen molar-refractivity contribution in [2.45, 2.75) is 0 Å². The maximum atomic E-state index is 14.2. The van der Waals surface area contributed by atoms with Crippen LogP contribution in [-0.4, -0.2) is 15.9 Å². The van der Waals surface area contributed by atoms with Gasteiger partial charge in [-0.15, -0.1) is 0 Å². The van der Waals surface area contributed by atoms with Crippen molar-refractivity contribution >= 4 is 22.6 Å². The predicted octanol–water partition coefficient (Wildman–Crippen LogP) is 4.95. The van der Waals surface area contributed by atoms with Crippen molar-refractivity contribution in [3.8, 4) is 11.5 Å². The summed E-state index contributed by atoms with van der Waals surface area (Å²) in [5.41, 5.74) is 1.76. The normalized spacial score (nSPS) is 10.6. The van der Waals surface area contributed by atoms with Crippen LogP contribution in [-0.2, 0) is 0 Å². The molecule has 0 unspecified atom stereocenters. The summed E-state index contributed by atoms with van der Waals surface area (Å²) in [5.74, 6) is -1.32. The summed E-state index contributed by atoms with van der Waals surface area (Å²) in [6, 6.07) is 14.2. The molecule has 5 nitrogen and oxygen atoms in total. The lowest BCUT2D eigenvalue weighted by atomic mass is 10.2. The Balaban J connectivity index is 1.57. The van der Waals surface area contributed by atoms with Gasteiger partial charge in [-0.25, -0.2) is 8.78 Å². The van der Waals surface area contributed by atoms with Crippen LogP contribution in [0.3, 0.4) is 0 Å². The molecule has 0 aliphatic heterocycles. The van der Waals surface area contributed by atoms with Crippen molar-refractivity contribution in [1.29, 1.82) is 0 Å². The molecule has 138 valence electrons. The molecule has 28 heavy (non-hydrogen) atoms. The number of carbonyl (C=O) groups is 1. The van der Waals surface area contributed by atoms with E-state index in [-0.39, 0.29) is 11.3 Å². The molecule has 0 atom stereocenters. The molecule has 0 aliphatic rings. The Labute approximate surface area is 158 Å². The molecule has 4 rings (SSSR count). The first kappa shape index (κ1) is 17.5. The molecule has 1 heterocycles. The lowest BCUT2D eigenvalue weighted by Crippen LogP contribution is -2.12. The van der Waals surface area contributed by atoms with Crippen LogP contribution in [0.15, 0.2) is 73.1 Å². The number of fused-ring (bicyclic) bond motifs is 1. The largest absolute Gasteiger partial charge is 0.454 e.